The highest BCUT2D eigenvalue weighted by atomic mass is 16.6. The average Bonchev–Trinajstić information content (AvgIpc) is 3.16. The number of hydrogen-bond donors (Lipinski definition) is 0. The van der Waals surface area contributed by atoms with Crippen molar-refractivity contribution in [1.29, 1.82) is 0 Å². The van der Waals surface area contributed by atoms with E-state index < -0.39 is 6.04 Å². The van der Waals surface area contributed by atoms with Crippen LogP contribution in [0.3, 0.4) is 0 Å². The molecule has 5 rings (SSSR count). The molecule has 2 aromatic carbocycles. The molecule has 1 atom stereocenters. The molecule has 0 aromatic heterocycles. The molecular weight excluding hydrogens is 436 g/mol. The Morgan fingerprint density at radius 3 is 2.50 bits per heavy atom. The predicted octanol–water partition coefficient (Wildman–Crippen LogP) is 2.76. The van der Waals surface area contributed by atoms with Gasteiger partial charge in [-0.05, 0) is 24.1 Å². The molecule has 0 radical (unpaired) electrons. The lowest BCUT2D eigenvalue weighted by Gasteiger charge is -2.45. The summed E-state index contributed by atoms with van der Waals surface area (Å²) in [6.45, 7) is 3.02. The maximum absolute atomic E-state index is 13.0. The van der Waals surface area contributed by atoms with Crippen LogP contribution in [0.1, 0.15) is 46.3 Å². The molecule has 0 N–H and O–H groups in total. The molecule has 34 heavy (non-hydrogen) atoms. The minimum absolute atomic E-state index is 0.0578. The molecule has 1 saturated heterocycles. The molecule has 8 heteroatoms. The van der Waals surface area contributed by atoms with Crippen molar-refractivity contribution >= 4 is 17.5 Å². The summed E-state index contributed by atoms with van der Waals surface area (Å²) in [5, 5.41) is 12.8. The van der Waals surface area contributed by atoms with Gasteiger partial charge in [-0.15, -0.1) is 0 Å². The third-order valence-corrected chi connectivity index (χ3v) is 6.94. The SMILES string of the molecule is O=C1CCC(N2Cc3c(OCc4ccc(C[N+]5([O-])CCOCC5)cc4)cccc3C2=O)C(=O)C1. The number of ketones is 2. The molecule has 2 aromatic rings. The minimum atomic E-state index is -0.545. The van der Waals surface area contributed by atoms with E-state index in [9.17, 15) is 19.6 Å². The predicted molar refractivity (Wildman–Crippen MR) is 123 cm³/mol. The Balaban J connectivity index is 1.24. The van der Waals surface area contributed by atoms with Crippen molar-refractivity contribution in [1.82, 2.24) is 4.90 Å². The summed E-state index contributed by atoms with van der Waals surface area (Å²) in [6.07, 6.45) is 0.622. The number of Topliss-reactive ketones (excluding diaryl/α,β-unsaturated/α-hetero) is 2. The lowest BCUT2D eigenvalue weighted by molar-refractivity contribution is -0.901. The van der Waals surface area contributed by atoms with Gasteiger partial charge in [0, 0.05) is 23.1 Å². The highest BCUT2D eigenvalue weighted by Crippen LogP contribution is 2.34. The third-order valence-electron chi connectivity index (χ3n) is 6.94. The Labute approximate surface area is 198 Å². The van der Waals surface area contributed by atoms with Crippen LogP contribution in [0.2, 0.25) is 0 Å². The van der Waals surface area contributed by atoms with E-state index >= 15 is 0 Å². The summed E-state index contributed by atoms with van der Waals surface area (Å²) in [4.78, 5) is 38.5. The van der Waals surface area contributed by atoms with Crippen LogP contribution in [0.15, 0.2) is 42.5 Å². The first-order chi connectivity index (χ1) is 16.4. The topological polar surface area (TPSA) is 96.0 Å². The molecular formula is C26H28N2O6. The smallest absolute Gasteiger partial charge is 0.255 e. The second-order valence-corrected chi connectivity index (χ2v) is 9.33. The highest BCUT2D eigenvalue weighted by molar-refractivity contribution is 6.07. The Morgan fingerprint density at radius 1 is 1.03 bits per heavy atom. The Bertz CT molecular complexity index is 1110. The average molecular weight is 465 g/mol. The lowest BCUT2D eigenvalue weighted by atomic mass is 9.92. The summed E-state index contributed by atoms with van der Waals surface area (Å²) in [6, 6.07) is 12.7. The number of hydroxylamine groups is 3. The molecule has 8 nitrogen and oxygen atoms in total. The molecule has 2 fully saturated rings. The van der Waals surface area contributed by atoms with Gasteiger partial charge in [0.1, 0.15) is 37.8 Å². The highest BCUT2D eigenvalue weighted by Gasteiger charge is 2.40. The quantitative estimate of drug-likeness (QED) is 0.371. The standard InChI is InChI=1S/C26H28N2O6/c29-20-8-9-23(24(30)14-20)27-15-22-21(26(27)31)2-1-3-25(22)34-17-19-6-4-18(5-7-19)16-28(32)10-12-33-13-11-28/h1-7,23H,8-17H2. The number of rotatable bonds is 6. The van der Waals surface area contributed by atoms with E-state index in [0.717, 1.165) is 16.7 Å². The number of hydrogen-bond acceptors (Lipinski definition) is 6. The maximum atomic E-state index is 13.0. The summed E-state index contributed by atoms with van der Waals surface area (Å²) in [5.74, 6) is 0.196. The first-order valence-electron chi connectivity index (χ1n) is 11.7. The molecule has 0 spiro atoms. The normalized spacial score (nSPS) is 22.1. The van der Waals surface area contributed by atoms with Gasteiger partial charge in [0.2, 0.25) is 0 Å². The van der Waals surface area contributed by atoms with Gasteiger partial charge in [-0.3, -0.25) is 14.4 Å². The fraction of sp³-hybridized carbons (Fsp3) is 0.423. The van der Waals surface area contributed by atoms with E-state index in [1.165, 1.54) is 0 Å². The van der Waals surface area contributed by atoms with Gasteiger partial charge in [-0.1, -0.05) is 30.3 Å². The molecule has 1 saturated carbocycles. The minimum Gasteiger partial charge on any atom is -0.632 e. The zero-order valence-electron chi connectivity index (χ0n) is 19.0. The second kappa shape index (κ2) is 9.29. The van der Waals surface area contributed by atoms with Gasteiger partial charge in [-0.25, -0.2) is 0 Å². The van der Waals surface area contributed by atoms with Gasteiger partial charge in [0.25, 0.3) is 5.91 Å². The van der Waals surface area contributed by atoms with Crippen molar-refractivity contribution in [2.75, 3.05) is 26.3 Å². The summed E-state index contributed by atoms with van der Waals surface area (Å²) in [7, 11) is 0. The van der Waals surface area contributed by atoms with E-state index in [1.54, 1.807) is 17.0 Å². The van der Waals surface area contributed by atoms with Gasteiger partial charge < -0.3 is 24.2 Å². The van der Waals surface area contributed by atoms with Crippen LogP contribution in [-0.4, -0.2) is 59.4 Å². The fourth-order valence-corrected chi connectivity index (χ4v) is 4.97. The zero-order chi connectivity index (χ0) is 23.7. The van der Waals surface area contributed by atoms with E-state index in [0.29, 0.717) is 70.2 Å². The fourth-order valence-electron chi connectivity index (χ4n) is 4.97. The van der Waals surface area contributed by atoms with Crippen LogP contribution in [0.5, 0.6) is 5.75 Å². The van der Waals surface area contributed by atoms with Crippen molar-refractivity contribution in [3.05, 3.63) is 69.9 Å². The molecule has 1 aliphatic carbocycles. The summed E-state index contributed by atoms with van der Waals surface area (Å²) >= 11 is 0. The number of quaternary nitrogens is 1. The zero-order valence-corrected chi connectivity index (χ0v) is 19.0. The molecule has 1 amide bonds. The molecule has 2 aliphatic heterocycles. The number of carbonyl (C=O) groups excluding carboxylic acids is 3. The molecule has 2 heterocycles. The largest absolute Gasteiger partial charge is 0.632 e. The number of benzene rings is 2. The first-order valence-corrected chi connectivity index (χ1v) is 11.7. The molecule has 0 bridgehead atoms. The van der Waals surface area contributed by atoms with Gasteiger partial charge >= 0.3 is 0 Å². The van der Waals surface area contributed by atoms with Crippen LogP contribution in [0.4, 0.5) is 0 Å². The lowest BCUT2D eigenvalue weighted by Crippen LogP contribution is -2.49. The van der Waals surface area contributed by atoms with Crippen LogP contribution in [0.25, 0.3) is 0 Å². The number of fused-ring (bicyclic) bond motifs is 1. The van der Waals surface area contributed by atoms with Crippen molar-refractivity contribution in [2.24, 2.45) is 0 Å². The molecule has 3 aliphatic rings. The van der Waals surface area contributed by atoms with E-state index in [-0.39, 0.29) is 28.5 Å². The van der Waals surface area contributed by atoms with Gasteiger partial charge in [0.05, 0.1) is 32.2 Å². The maximum Gasteiger partial charge on any atom is 0.255 e. The van der Waals surface area contributed by atoms with Crippen molar-refractivity contribution in [2.45, 2.75) is 45.0 Å². The van der Waals surface area contributed by atoms with Crippen LogP contribution in [0, 0.1) is 5.21 Å². The Morgan fingerprint density at radius 2 is 1.76 bits per heavy atom. The monoisotopic (exact) mass is 464 g/mol. The summed E-state index contributed by atoms with van der Waals surface area (Å²) < 4.78 is 11.1. The number of ether oxygens (including phenoxy) is 2. The third kappa shape index (κ3) is 4.61. The molecule has 178 valence electrons. The van der Waals surface area contributed by atoms with Gasteiger partial charge in [0.15, 0.2) is 5.78 Å². The van der Waals surface area contributed by atoms with E-state index in [4.69, 9.17) is 9.47 Å². The van der Waals surface area contributed by atoms with Crippen molar-refractivity contribution in [3.8, 4) is 5.75 Å². The van der Waals surface area contributed by atoms with Crippen LogP contribution < -0.4 is 4.74 Å². The second-order valence-electron chi connectivity index (χ2n) is 9.33. The Hall–Kier alpha value is -3.07. The number of carbonyl (C=O) groups is 3. The van der Waals surface area contributed by atoms with Crippen LogP contribution >= 0.6 is 0 Å². The van der Waals surface area contributed by atoms with Crippen LogP contribution in [-0.2, 0) is 34.0 Å². The number of amides is 1. The van der Waals surface area contributed by atoms with Crippen molar-refractivity contribution < 1.29 is 28.5 Å². The molecule has 1 unspecified atom stereocenters. The van der Waals surface area contributed by atoms with Gasteiger partial charge in [-0.2, -0.15) is 0 Å². The Kier molecular flexibility index (Phi) is 6.20. The first kappa shape index (κ1) is 22.7. The number of nitrogens with zero attached hydrogens (tertiary/aromatic N) is 2. The van der Waals surface area contributed by atoms with E-state index in [1.807, 2.05) is 30.3 Å². The van der Waals surface area contributed by atoms with Crippen molar-refractivity contribution in [3.63, 3.8) is 0 Å². The summed E-state index contributed by atoms with van der Waals surface area (Å²) in [5.41, 5.74) is 3.27. The number of morpholine rings is 1. The van der Waals surface area contributed by atoms with E-state index in [2.05, 4.69) is 0 Å².